The topological polar surface area (TPSA) is 89.0 Å². The highest BCUT2D eigenvalue weighted by molar-refractivity contribution is 7.90. The van der Waals surface area contributed by atoms with Crippen molar-refractivity contribution in [3.05, 3.63) is 29.3 Å². The normalized spacial score (nSPS) is 17.9. The molecule has 1 aromatic carbocycles. The van der Waals surface area contributed by atoms with Gasteiger partial charge in [0.2, 0.25) is 0 Å². The van der Waals surface area contributed by atoms with Gasteiger partial charge in [-0.05, 0) is 37.0 Å². The molecule has 0 saturated carbocycles. The maximum atomic E-state index is 11.7. The smallest absolute Gasteiger partial charge is 0.191 e. The Morgan fingerprint density at radius 3 is 2.81 bits per heavy atom. The van der Waals surface area contributed by atoms with Gasteiger partial charge in [-0.15, -0.1) is 0 Å². The molecule has 0 aromatic heterocycles. The number of nitrogens with one attached hydrogen (secondary N) is 2. The van der Waals surface area contributed by atoms with Gasteiger partial charge in [0, 0.05) is 45.5 Å². The van der Waals surface area contributed by atoms with Gasteiger partial charge in [0.05, 0.1) is 18.1 Å². The van der Waals surface area contributed by atoms with Gasteiger partial charge < -0.3 is 20.1 Å². The zero-order valence-electron chi connectivity index (χ0n) is 16.5. The Bertz CT molecular complexity index is 728. The standard InChI is InChI=1S/C19H31N3O4S/c1-15-11-16(5-6-18(15)27(3,23)24)12-22-19(20-2)21-8-4-9-25-13-17-7-10-26-14-17/h5-6,11,17H,4,7-10,12-14H2,1-3H3,(H2,20,21,22). The van der Waals surface area contributed by atoms with Crippen molar-refractivity contribution in [2.75, 3.05) is 46.3 Å². The summed E-state index contributed by atoms with van der Waals surface area (Å²) in [6.07, 6.45) is 3.22. The average Bonchev–Trinajstić information content (AvgIpc) is 3.13. The molecule has 2 N–H and O–H groups in total. The lowest BCUT2D eigenvalue weighted by Gasteiger charge is -2.13. The molecule has 1 aliphatic rings. The van der Waals surface area contributed by atoms with Crippen LogP contribution in [0.3, 0.4) is 0 Å². The molecule has 1 aromatic rings. The molecule has 1 aliphatic heterocycles. The van der Waals surface area contributed by atoms with Crippen molar-refractivity contribution in [1.82, 2.24) is 10.6 Å². The van der Waals surface area contributed by atoms with E-state index in [1.165, 1.54) is 6.26 Å². The number of guanidine groups is 1. The molecular formula is C19H31N3O4S. The first-order chi connectivity index (χ1) is 12.9. The first kappa shape index (κ1) is 21.7. The highest BCUT2D eigenvalue weighted by Crippen LogP contribution is 2.16. The fourth-order valence-electron chi connectivity index (χ4n) is 2.99. The summed E-state index contributed by atoms with van der Waals surface area (Å²) in [5, 5.41) is 6.50. The molecule has 0 spiro atoms. The quantitative estimate of drug-likeness (QED) is 0.373. The van der Waals surface area contributed by atoms with Crippen molar-refractivity contribution in [3.63, 3.8) is 0 Å². The monoisotopic (exact) mass is 397 g/mol. The summed E-state index contributed by atoms with van der Waals surface area (Å²) >= 11 is 0. The lowest BCUT2D eigenvalue weighted by atomic mass is 10.1. The van der Waals surface area contributed by atoms with E-state index in [2.05, 4.69) is 15.6 Å². The van der Waals surface area contributed by atoms with Gasteiger partial charge in [-0.1, -0.05) is 12.1 Å². The average molecular weight is 398 g/mol. The SMILES string of the molecule is CN=C(NCCCOCC1CCOC1)NCc1ccc(S(C)(=O)=O)c(C)c1. The Morgan fingerprint density at radius 1 is 1.37 bits per heavy atom. The van der Waals surface area contributed by atoms with Crippen LogP contribution in [0.5, 0.6) is 0 Å². The number of sulfone groups is 1. The summed E-state index contributed by atoms with van der Waals surface area (Å²) < 4.78 is 34.4. The molecule has 1 fully saturated rings. The molecule has 8 heteroatoms. The molecule has 1 heterocycles. The molecule has 152 valence electrons. The highest BCUT2D eigenvalue weighted by atomic mass is 32.2. The largest absolute Gasteiger partial charge is 0.381 e. The van der Waals surface area contributed by atoms with E-state index in [-0.39, 0.29) is 0 Å². The molecule has 2 rings (SSSR count). The molecule has 0 bridgehead atoms. The Kier molecular flexibility index (Phi) is 8.53. The van der Waals surface area contributed by atoms with E-state index in [4.69, 9.17) is 9.47 Å². The highest BCUT2D eigenvalue weighted by Gasteiger charge is 2.15. The van der Waals surface area contributed by atoms with E-state index in [0.717, 1.165) is 50.3 Å². The summed E-state index contributed by atoms with van der Waals surface area (Å²) in [6, 6.07) is 5.37. The van der Waals surface area contributed by atoms with Crippen LogP contribution in [0.15, 0.2) is 28.1 Å². The second kappa shape index (κ2) is 10.6. The predicted octanol–water partition coefficient (Wildman–Crippen LogP) is 1.51. The molecule has 0 aliphatic carbocycles. The second-order valence-electron chi connectivity index (χ2n) is 6.88. The van der Waals surface area contributed by atoms with Crippen molar-refractivity contribution in [3.8, 4) is 0 Å². The van der Waals surface area contributed by atoms with Gasteiger partial charge >= 0.3 is 0 Å². The predicted molar refractivity (Wildman–Crippen MR) is 107 cm³/mol. The first-order valence-corrected chi connectivity index (χ1v) is 11.2. The fourth-order valence-corrected chi connectivity index (χ4v) is 3.95. The van der Waals surface area contributed by atoms with Crippen LogP contribution in [-0.2, 0) is 25.9 Å². The van der Waals surface area contributed by atoms with E-state index in [9.17, 15) is 8.42 Å². The lowest BCUT2D eigenvalue weighted by Crippen LogP contribution is -2.37. The van der Waals surface area contributed by atoms with Crippen LogP contribution in [0.4, 0.5) is 0 Å². The Balaban J connectivity index is 1.67. The molecule has 7 nitrogen and oxygen atoms in total. The number of hydrogen-bond acceptors (Lipinski definition) is 5. The minimum atomic E-state index is -3.19. The van der Waals surface area contributed by atoms with Crippen molar-refractivity contribution < 1.29 is 17.9 Å². The number of aryl methyl sites for hydroxylation is 1. The molecule has 1 saturated heterocycles. The van der Waals surface area contributed by atoms with Gasteiger partial charge in [0.15, 0.2) is 15.8 Å². The fraction of sp³-hybridized carbons (Fsp3) is 0.632. The summed E-state index contributed by atoms with van der Waals surface area (Å²) in [4.78, 5) is 4.58. The number of hydrogen-bond donors (Lipinski definition) is 2. The van der Waals surface area contributed by atoms with Crippen LogP contribution < -0.4 is 10.6 Å². The summed E-state index contributed by atoms with van der Waals surface area (Å²) in [6.45, 7) is 6.32. The Hall–Kier alpha value is -1.64. The van der Waals surface area contributed by atoms with E-state index in [1.807, 2.05) is 19.1 Å². The molecule has 0 radical (unpaired) electrons. The van der Waals surface area contributed by atoms with Crippen LogP contribution in [-0.4, -0.2) is 60.7 Å². The molecule has 0 amide bonds. The zero-order chi connectivity index (χ0) is 19.7. The third-order valence-corrected chi connectivity index (χ3v) is 5.71. The van der Waals surface area contributed by atoms with Crippen molar-refractivity contribution in [2.24, 2.45) is 10.9 Å². The van der Waals surface area contributed by atoms with E-state index < -0.39 is 9.84 Å². The van der Waals surface area contributed by atoms with Crippen molar-refractivity contribution >= 4 is 15.8 Å². The summed E-state index contributed by atoms with van der Waals surface area (Å²) in [5.41, 5.74) is 1.76. The van der Waals surface area contributed by atoms with Crippen LogP contribution in [0.2, 0.25) is 0 Å². The van der Waals surface area contributed by atoms with Gasteiger partial charge in [0.1, 0.15) is 0 Å². The van der Waals surface area contributed by atoms with Crippen LogP contribution in [0.25, 0.3) is 0 Å². The van der Waals surface area contributed by atoms with E-state index >= 15 is 0 Å². The van der Waals surface area contributed by atoms with E-state index in [1.54, 1.807) is 13.1 Å². The van der Waals surface area contributed by atoms with E-state index in [0.29, 0.717) is 29.9 Å². The van der Waals surface area contributed by atoms with Crippen LogP contribution in [0, 0.1) is 12.8 Å². The molecule has 27 heavy (non-hydrogen) atoms. The number of aliphatic imine (C=N–C) groups is 1. The third kappa shape index (κ3) is 7.48. The molecule has 1 unspecified atom stereocenters. The number of benzene rings is 1. The molecule has 1 atom stereocenters. The minimum Gasteiger partial charge on any atom is -0.381 e. The zero-order valence-corrected chi connectivity index (χ0v) is 17.3. The van der Waals surface area contributed by atoms with Gasteiger partial charge in [-0.2, -0.15) is 0 Å². The number of rotatable bonds is 9. The minimum absolute atomic E-state index is 0.373. The summed E-state index contributed by atoms with van der Waals surface area (Å²) in [7, 11) is -1.46. The Labute approximate surface area is 162 Å². The van der Waals surface area contributed by atoms with Crippen molar-refractivity contribution in [2.45, 2.75) is 31.2 Å². The number of nitrogens with zero attached hydrogens (tertiary/aromatic N) is 1. The molecular weight excluding hydrogens is 366 g/mol. The summed E-state index contributed by atoms with van der Waals surface area (Å²) in [5.74, 6) is 1.26. The number of ether oxygens (including phenoxy) is 2. The Morgan fingerprint density at radius 2 is 2.19 bits per heavy atom. The van der Waals surface area contributed by atoms with Gasteiger partial charge in [-0.3, -0.25) is 4.99 Å². The van der Waals surface area contributed by atoms with Crippen molar-refractivity contribution in [1.29, 1.82) is 0 Å². The first-order valence-electron chi connectivity index (χ1n) is 9.29. The van der Waals surface area contributed by atoms with Gasteiger partial charge in [-0.25, -0.2) is 8.42 Å². The second-order valence-corrected chi connectivity index (χ2v) is 8.87. The maximum Gasteiger partial charge on any atom is 0.191 e. The van der Waals surface area contributed by atoms with Crippen LogP contribution >= 0.6 is 0 Å². The lowest BCUT2D eigenvalue weighted by molar-refractivity contribution is 0.0888. The van der Waals surface area contributed by atoms with Crippen LogP contribution in [0.1, 0.15) is 24.0 Å². The van der Waals surface area contributed by atoms with Gasteiger partial charge in [0.25, 0.3) is 0 Å². The maximum absolute atomic E-state index is 11.7. The third-order valence-electron chi connectivity index (χ3n) is 4.46.